The predicted molar refractivity (Wildman–Crippen MR) is 89.9 cm³/mol. The van der Waals surface area contributed by atoms with Crippen LogP contribution in [0, 0.1) is 6.92 Å². The molecule has 0 saturated heterocycles. The number of benzene rings is 2. The molecule has 118 valence electrons. The molecule has 0 aliphatic carbocycles. The number of hydrogen-bond acceptors (Lipinski definition) is 3. The van der Waals surface area contributed by atoms with E-state index in [4.69, 9.17) is 0 Å². The van der Waals surface area contributed by atoms with Crippen molar-refractivity contribution in [1.82, 2.24) is 10.7 Å². The molecule has 2 aromatic carbocycles. The van der Waals surface area contributed by atoms with E-state index in [0.29, 0.717) is 0 Å². The van der Waals surface area contributed by atoms with E-state index >= 15 is 0 Å². The zero-order valence-electron chi connectivity index (χ0n) is 13.1. The van der Waals surface area contributed by atoms with Crippen molar-refractivity contribution in [3.05, 3.63) is 71.3 Å². The molecule has 2 amide bonds. The van der Waals surface area contributed by atoms with Crippen LogP contribution in [0.5, 0.6) is 0 Å². The second kappa shape index (κ2) is 7.89. The summed E-state index contributed by atoms with van der Waals surface area (Å²) in [5.74, 6) is -1.52. The largest absolute Gasteiger partial charge is 0.341 e. The van der Waals surface area contributed by atoms with Gasteiger partial charge in [-0.2, -0.15) is 5.10 Å². The summed E-state index contributed by atoms with van der Waals surface area (Å²) in [7, 11) is 0. The summed E-state index contributed by atoms with van der Waals surface area (Å²) in [6.45, 7) is 3.80. The first-order valence-electron chi connectivity index (χ1n) is 7.32. The van der Waals surface area contributed by atoms with Crippen LogP contribution < -0.4 is 10.7 Å². The summed E-state index contributed by atoms with van der Waals surface area (Å²) in [6.07, 6.45) is 1.49. The van der Waals surface area contributed by atoms with Crippen molar-refractivity contribution in [2.75, 3.05) is 0 Å². The molecule has 0 radical (unpaired) electrons. The molecule has 1 atom stereocenters. The minimum atomic E-state index is -0.795. The molecule has 23 heavy (non-hydrogen) atoms. The number of hydrogen-bond donors (Lipinski definition) is 2. The Morgan fingerprint density at radius 2 is 1.65 bits per heavy atom. The summed E-state index contributed by atoms with van der Waals surface area (Å²) < 4.78 is 0. The Bertz CT molecular complexity index is 694. The van der Waals surface area contributed by atoms with Gasteiger partial charge in [-0.25, -0.2) is 5.43 Å². The van der Waals surface area contributed by atoms with Crippen molar-refractivity contribution in [3.63, 3.8) is 0 Å². The third-order valence-electron chi connectivity index (χ3n) is 3.31. The highest BCUT2D eigenvalue weighted by Crippen LogP contribution is 2.10. The third kappa shape index (κ3) is 5.07. The summed E-state index contributed by atoms with van der Waals surface area (Å²) in [6, 6.07) is 16.8. The van der Waals surface area contributed by atoms with Gasteiger partial charge in [0.25, 0.3) is 0 Å². The molecule has 0 aliphatic heterocycles. The third-order valence-corrected chi connectivity index (χ3v) is 3.31. The Labute approximate surface area is 135 Å². The highest BCUT2D eigenvalue weighted by molar-refractivity contribution is 6.35. The van der Waals surface area contributed by atoms with Crippen LogP contribution in [0.15, 0.2) is 59.7 Å². The van der Waals surface area contributed by atoms with Gasteiger partial charge in [0, 0.05) is 0 Å². The quantitative estimate of drug-likeness (QED) is 0.517. The number of aryl methyl sites for hydroxylation is 1. The standard InChI is InChI=1S/C18H19N3O2/c1-13-8-10-15(11-9-13)12-19-21-18(23)17(22)20-14(2)16-6-4-3-5-7-16/h3-12,14H,1-2H3,(H,20,22)(H,21,23)/b19-12-/t14-/m0/s1. The van der Waals surface area contributed by atoms with Crippen LogP contribution in [0.25, 0.3) is 0 Å². The maximum Gasteiger partial charge on any atom is 0.329 e. The number of amides is 2. The molecular formula is C18H19N3O2. The Balaban J connectivity index is 1.85. The predicted octanol–water partition coefficient (Wildman–Crippen LogP) is 2.32. The number of nitrogens with zero attached hydrogens (tertiary/aromatic N) is 1. The lowest BCUT2D eigenvalue weighted by atomic mass is 10.1. The fourth-order valence-electron chi connectivity index (χ4n) is 1.96. The van der Waals surface area contributed by atoms with E-state index < -0.39 is 11.8 Å². The van der Waals surface area contributed by atoms with Crippen molar-refractivity contribution in [3.8, 4) is 0 Å². The maximum absolute atomic E-state index is 11.8. The van der Waals surface area contributed by atoms with E-state index in [0.717, 1.165) is 16.7 Å². The number of rotatable bonds is 4. The van der Waals surface area contributed by atoms with E-state index in [1.165, 1.54) is 6.21 Å². The van der Waals surface area contributed by atoms with Crippen LogP contribution in [-0.4, -0.2) is 18.0 Å². The van der Waals surface area contributed by atoms with Crippen molar-refractivity contribution in [2.45, 2.75) is 19.9 Å². The van der Waals surface area contributed by atoms with Crippen molar-refractivity contribution < 1.29 is 9.59 Å². The Hall–Kier alpha value is -2.95. The molecular weight excluding hydrogens is 290 g/mol. The second-order valence-electron chi connectivity index (χ2n) is 5.22. The van der Waals surface area contributed by atoms with Gasteiger partial charge in [-0.05, 0) is 25.0 Å². The first kappa shape index (κ1) is 16.4. The number of nitrogens with one attached hydrogen (secondary N) is 2. The highest BCUT2D eigenvalue weighted by Gasteiger charge is 2.16. The van der Waals surface area contributed by atoms with Gasteiger partial charge < -0.3 is 5.32 Å². The van der Waals surface area contributed by atoms with Gasteiger partial charge in [0.1, 0.15) is 0 Å². The van der Waals surface area contributed by atoms with Crippen molar-refractivity contribution in [1.29, 1.82) is 0 Å². The van der Waals surface area contributed by atoms with Crippen LogP contribution in [0.3, 0.4) is 0 Å². The molecule has 0 fully saturated rings. The molecule has 2 N–H and O–H groups in total. The molecule has 0 unspecified atom stereocenters. The van der Waals surface area contributed by atoms with E-state index in [1.54, 1.807) is 0 Å². The molecule has 2 rings (SSSR count). The lowest BCUT2D eigenvalue weighted by Gasteiger charge is -2.13. The molecule has 5 heteroatoms. The monoisotopic (exact) mass is 309 g/mol. The summed E-state index contributed by atoms with van der Waals surface area (Å²) in [4.78, 5) is 23.5. The Morgan fingerprint density at radius 3 is 2.30 bits per heavy atom. The molecule has 2 aromatic rings. The minimum Gasteiger partial charge on any atom is -0.341 e. The molecule has 0 saturated carbocycles. The van der Waals surface area contributed by atoms with Gasteiger partial charge in [0.05, 0.1) is 12.3 Å². The van der Waals surface area contributed by atoms with Crippen LogP contribution in [-0.2, 0) is 9.59 Å². The minimum absolute atomic E-state index is 0.254. The highest BCUT2D eigenvalue weighted by atomic mass is 16.2. The van der Waals surface area contributed by atoms with Gasteiger partial charge in [-0.3, -0.25) is 9.59 Å². The van der Waals surface area contributed by atoms with Crippen LogP contribution in [0.1, 0.15) is 29.7 Å². The average Bonchev–Trinajstić information content (AvgIpc) is 2.57. The van der Waals surface area contributed by atoms with E-state index in [9.17, 15) is 9.59 Å². The van der Waals surface area contributed by atoms with Gasteiger partial charge in [-0.15, -0.1) is 0 Å². The Morgan fingerprint density at radius 1 is 1.00 bits per heavy atom. The van der Waals surface area contributed by atoms with Crippen molar-refractivity contribution in [2.24, 2.45) is 5.10 Å². The molecule has 0 spiro atoms. The molecule has 0 bridgehead atoms. The van der Waals surface area contributed by atoms with Crippen molar-refractivity contribution >= 4 is 18.0 Å². The summed E-state index contributed by atoms with van der Waals surface area (Å²) in [5, 5.41) is 6.41. The van der Waals surface area contributed by atoms with Gasteiger partial charge in [-0.1, -0.05) is 60.2 Å². The maximum atomic E-state index is 11.8. The zero-order valence-corrected chi connectivity index (χ0v) is 13.1. The Kier molecular flexibility index (Phi) is 5.63. The summed E-state index contributed by atoms with van der Waals surface area (Å²) in [5.41, 5.74) is 5.13. The van der Waals surface area contributed by atoms with Crippen LogP contribution in [0.4, 0.5) is 0 Å². The first-order chi connectivity index (χ1) is 11.1. The molecule has 5 nitrogen and oxygen atoms in total. The SMILES string of the molecule is Cc1ccc(/C=N\NC(=O)C(=O)N[C@@H](C)c2ccccc2)cc1. The normalized spacial score (nSPS) is 11.9. The number of carbonyl (C=O) groups excluding carboxylic acids is 2. The lowest BCUT2D eigenvalue weighted by Crippen LogP contribution is -2.39. The first-order valence-corrected chi connectivity index (χ1v) is 7.32. The lowest BCUT2D eigenvalue weighted by molar-refractivity contribution is -0.139. The average molecular weight is 309 g/mol. The van der Waals surface area contributed by atoms with E-state index in [2.05, 4.69) is 15.8 Å². The molecule has 0 aliphatic rings. The van der Waals surface area contributed by atoms with Crippen LogP contribution in [0.2, 0.25) is 0 Å². The molecule has 0 aromatic heterocycles. The second-order valence-corrected chi connectivity index (χ2v) is 5.22. The van der Waals surface area contributed by atoms with Crippen LogP contribution >= 0.6 is 0 Å². The van der Waals surface area contributed by atoms with E-state index in [1.807, 2.05) is 68.4 Å². The van der Waals surface area contributed by atoms with Gasteiger partial charge in [0.2, 0.25) is 0 Å². The number of hydrazone groups is 1. The number of carbonyl (C=O) groups is 2. The fourth-order valence-corrected chi connectivity index (χ4v) is 1.96. The smallest absolute Gasteiger partial charge is 0.329 e. The molecule has 0 heterocycles. The van der Waals surface area contributed by atoms with E-state index in [-0.39, 0.29) is 6.04 Å². The van der Waals surface area contributed by atoms with Gasteiger partial charge >= 0.3 is 11.8 Å². The topological polar surface area (TPSA) is 70.6 Å². The zero-order chi connectivity index (χ0) is 16.7. The van der Waals surface area contributed by atoms with Gasteiger partial charge in [0.15, 0.2) is 0 Å². The fraction of sp³-hybridized carbons (Fsp3) is 0.167. The summed E-state index contributed by atoms with van der Waals surface area (Å²) >= 11 is 0.